The number of nitrogens with zero attached hydrogens (tertiary/aromatic N) is 3. The van der Waals surface area contributed by atoms with Gasteiger partial charge in [0.05, 0.1) is 5.69 Å². The lowest BCUT2D eigenvalue weighted by molar-refractivity contribution is 0.620. The molecule has 4 N–H and O–H groups in total. The molecule has 0 spiro atoms. The van der Waals surface area contributed by atoms with Gasteiger partial charge in [-0.05, 0) is 48.7 Å². The Labute approximate surface area is 150 Å². The predicted molar refractivity (Wildman–Crippen MR) is 102 cm³/mol. The molecule has 2 aromatic carbocycles. The molecule has 0 unspecified atom stereocenters. The third-order valence-electron chi connectivity index (χ3n) is 3.99. The average Bonchev–Trinajstić information content (AvgIpc) is 3.06. The van der Waals surface area contributed by atoms with E-state index < -0.39 is 0 Å². The summed E-state index contributed by atoms with van der Waals surface area (Å²) in [6, 6.07) is 13.4. The summed E-state index contributed by atoms with van der Waals surface area (Å²) in [5, 5.41) is 20.1. The van der Waals surface area contributed by atoms with E-state index in [9.17, 15) is 0 Å². The highest BCUT2D eigenvalue weighted by molar-refractivity contribution is 6.45. The molecule has 0 radical (unpaired) electrons. The SMILES string of the molecule is CCc1ccc2oc(-c3ccc(C)c(N/N=C(\C#N)C(=N)N)c3)nc2c1. The lowest BCUT2D eigenvalue weighted by Gasteiger charge is -2.07. The number of hydrazone groups is 1. The van der Waals surface area contributed by atoms with Crippen LogP contribution in [0.15, 0.2) is 45.9 Å². The average molecular weight is 346 g/mol. The number of nitriles is 1. The minimum Gasteiger partial charge on any atom is -0.436 e. The number of benzene rings is 2. The van der Waals surface area contributed by atoms with Gasteiger partial charge in [0.25, 0.3) is 0 Å². The zero-order valence-electron chi connectivity index (χ0n) is 14.5. The topological polar surface area (TPSA) is 124 Å². The molecule has 0 aliphatic rings. The van der Waals surface area contributed by atoms with Crippen LogP contribution in [0, 0.1) is 23.7 Å². The molecule has 0 aliphatic heterocycles. The van der Waals surface area contributed by atoms with Crippen LogP contribution in [0.25, 0.3) is 22.6 Å². The van der Waals surface area contributed by atoms with E-state index in [2.05, 4.69) is 22.4 Å². The van der Waals surface area contributed by atoms with Gasteiger partial charge in [-0.2, -0.15) is 10.4 Å². The minimum absolute atomic E-state index is 0.177. The molecular weight excluding hydrogens is 328 g/mol. The van der Waals surface area contributed by atoms with E-state index in [1.54, 1.807) is 6.07 Å². The molecule has 130 valence electrons. The van der Waals surface area contributed by atoms with E-state index in [-0.39, 0.29) is 11.5 Å². The third-order valence-corrected chi connectivity index (χ3v) is 3.99. The van der Waals surface area contributed by atoms with E-state index in [0.717, 1.165) is 28.6 Å². The minimum atomic E-state index is -0.389. The van der Waals surface area contributed by atoms with Gasteiger partial charge in [-0.1, -0.05) is 19.1 Å². The second-order valence-electron chi connectivity index (χ2n) is 5.80. The summed E-state index contributed by atoms with van der Waals surface area (Å²) in [5.74, 6) is 0.117. The number of hydrogen-bond acceptors (Lipinski definition) is 6. The number of aromatic nitrogens is 1. The van der Waals surface area contributed by atoms with Crippen molar-refractivity contribution in [1.29, 1.82) is 10.7 Å². The maximum atomic E-state index is 8.93. The lowest BCUT2D eigenvalue weighted by Crippen LogP contribution is -2.21. The first-order chi connectivity index (χ1) is 12.5. The van der Waals surface area contributed by atoms with Crippen LogP contribution in [0.4, 0.5) is 5.69 Å². The van der Waals surface area contributed by atoms with Crippen LogP contribution in [0.3, 0.4) is 0 Å². The van der Waals surface area contributed by atoms with Crippen molar-refractivity contribution in [2.24, 2.45) is 10.8 Å². The quantitative estimate of drug-likeness (QED) is 0.370. The van der Waals surface area contributed by atoms with Crippen molar-refractivity contribution >= 4 is 28.3 Å². The van der Waals surface area contributed by atoms with Crippen molar-refractivity contribution in [2.45, 2.75) is 20.3 Å². The number of nitrogens with one attached hydrogen (secondary N) is 2. The Morgan fingerprint density at radius 2 is 2.15 bits per heavy atom. The summed E-state index contributed by atoms with van der Waals surface area (Å²) < 4.78 is 5.85. The fourth-order valence-corrected chi connectivity index (χ4v) is 2.45. The van der Waals surface area contributed by atoms with Crippen LogP contribution in [-0.2, 0) is 6.42 Å². The van der Waals surface area contributed by atoms with Gasteiger partial charge in [-0.15, -0.1) is 0 Å². The summed E-state index contributed by atoms with van der Waals surface area (Å²) in [4.78, 5) is 4.57. The molecule has 0 saturated carbocycles. The van der Waals surface area contributed by atoms with Crippen LogP contribution in [0.1, 0.15) is 18.1 Å². The van der Waals surface area contributed by atoms with E-state index in [0.29, 0.717) is 11.6 Å². The standard InChI is InChI=1S/C19H18N6O/c1-3-12-5-7-17-15(8-12)23-19(26-17)13-6-4-11(2)14(9-13)24-25-16(10-20)18(21)22/h4-9,24H,3H2,1-2H3,(H3,21,22)/b25-16+. The number of nitrogens with two attached hydrogens (primary N) is 1. The van der Waals surface area contributed by atoms with Gasteiger partial charge in [-0.3, -0.25) is 10.8 Å². The molecule has 26 heavy (non-hydrogen) atoms. The molecule has 0 atom stereocenters. The first-order valence-electron chi connectivity index (χ1n) is 8.10. The zero-order chi connectivity index (χ0) is 18.7. The molecule has 1 heterocycles. The number of fused-ring (bicyclic) bond motifs is 1. The summed E-state index contributed by atoms with van der Waals surface area (Å²) >= 11 is 0. The number of aryl methyl sites for hydroxylation is 2. The van der Waals surface area contributed by atoms with Crippen molar-refractivity contribution < 1.29 is 4.42 Å². The van der Waals surface area contributed by atoms with Gasteiger partial charge in [0.2, 0.25) is 11.6 Å². The highest BCUT2D eigenvalue weighted by atomic mass is 16.3. The van der Waals surface area contributed by atoms with Gasteiger partial charge in [0.1, 0.15) is 11.6 Å². The Balaban J connectivity index is 1.97. The third kappa shape index (κ3) is 3.39. The van der Waals surface area contributed by atoms with Crippen molar-refractivity contribution in [1.82, 2.24) is 4.98 Å². The molecule has 1 aromatic heterocycles. The first-order valence-corrected chi connectivity index (χ1v) is 8.10. The molecule has 0 saturated heterocycles. The molecule has 0 fully saturated rings. The summed E-state index contributed by atoms with van der Waals surface area (Å²) in [6.45, 7) is 4.00. The van der Waals surface area contributed by atoms with Gasteiger partial charge in [-0.25, -0.2) is 4.98 Å². The summed E-state index contributed by atoms with van der Waals surface area (Å²) in [6.07, 6.45) is 0.937. The molecule has 0 bridgehead atoms. The van der Waals surface area contributed by atoms with E-state index in [1.807, 2.05) is 43.3 Å². The number of anilines is 1. The Morgan fingerprint density at radius 3 is 2.85 bits per heavy atom. The predicted octanol–water partition coefficient (Wildman–Crippen LogP) is 3.59. The highest BCUT2D eigenvalue weighted by Gasteiger charge is 2.11. The van der Waals surface area contributed by atoms with Crippen molar-refractivity contribution in [3.05, 3.63) is 47.5 Å². The van der Waals surface area contributed by atoms with Gasteiger partial charge >= 0.3 is 0 Å². The smallest absolute Gasteiger partial charge is 0.227 e. The number of oxazole rings is 1. The summed E-state index contributed by atoms with van der Waals surface area (Å²) in [5.41, 5.74) is 13.0. The number of amidine groups is 1. The monoisotopic (exact) mass is 346 g/mol. The lowest BCUT2D eigenvalue weighted by atomic mass is 10.1. The van der Waals surface area contributed by atoms with Crippen LogP contribution >= 0.6 is 0 Å². The molecule has 0 aliphatic carbocycles. The van der Waals surface area contributed by atoms with Gasteiger partial charge in [0, 0.05) is 5.56 Å². The molecule has 7 nitrogen and oxygen atoms in total. The van der Waals surface area contributed by atoms with Crippen molar-refractivity contribution in [3.63, 3.8) is 0 Å². The van der Waals surface area contributed by atoms with Gasteiger partial charge < -0.3 is 10.2 Å². The van der Waals surface area contributed by atoms with Crippen molar-refractivity contribution in [3.8, 4) is 17.5 Å². The van der Waals surface area contributed by atoms with E-state index in [4.69, 9.17) is 20.8 Å². The Morgan fingerprint density at radius 1 is 1.35 bits per heavy atom. The Kier molecular flexibility index (Phi) is 4.67. The first kappa shape index (κ1) is 17.2. The molecule has 3 rings (SSSR count). The molecule has 3 aromatic rings. The fourth-order valence-electron chi connectivity index (χ4n) is 2.45. The van der Waals surface area contributed by atoms with Crippen molar-refractivity contribution in [2.75, 3.05) is 5.43 Å². The summed E-state index contributed by atoms with van der Waals surface area (Å²) in [7, 11) is 0. The molecule has 7 heteroatoms. The van der Waals surface area contributed by atoms with Crippen LogP contribution < -0.4 is 11.2 Å². The van der Waals surface area contributed by atoms with E-state index >= 15 is 0 Å². The number of hydrogen-bond donors (Lipinski definition) is 3. The zero-order valence-corrected chi connectivity index (χ0v) is 14.5. The fraction of sp³-hybridized carbons (Fsp3) is 0.158. The van der Waals surface area contributed by atoms with Gasteiger partial charge in [0.15, 0.2) is 11.4 Å². The Hall–Kier alpha value is -3.66. The van der Waals surface area contributed by atoms with Crippen LogP contribution in [0.2, 0.25) is 0 Å². The van der Waals surface area contributed by atoms with Crippen LogP contribution in [0.5, 0.6) is 0 Å². The van der Waals surface area contributed by atoms with Crippen LogP contribution in [-0.4, -0.2) is 16.5 Å². The molecular formula is C19H18N6O. The highest BCUT2D eigenvalue weighted by Crippen LogP contribution is 2.28. The maximum absolute atomic E-state index is 8.93. The molecule has 0 amide bonds. The largest absolute Gasteiger partial charge is 0.436 e. The number of rotatable bonds is 5. The Bertz CT molecular complexity index is 1060. The maximum Gasteiger partial charge on any atom is 0.227 e. The van der Waals surface area contributed by atoms with E-state index in [1.165, 1.54) is 5.56 Å². The second kappa shape index (κ2) is 7.07. The normalized spacial score (nSPS) is 11.3. The second-order valence-corrected chi connectivity index (χ2v) is 5.80.